The molecule has 0 radical (unpaired) electrons. The molecule has 0 bridgehead atoms. The van der Waals surface area contributed by atoms with Crippen molar-refractivity contribution in [1.29, 1.82) is 0 Å². The smallest absolute Gasteiger partial charge is 0.267 e. The minimum Gasteiger partial charge on any atom is -0.337 e. The first-order valence-electron chi connectivity index (χ1n) is 10.1. The molecule has 2 heterocycles. The van der Waals surface area contributed by atoms with Crippen LogP contribution < -0.4 is 5.56 Å². The molecule has 1 aromatic carbocycles. The molecule has 158 valence electrons. The number of hydrogen-bond donors (Lipinski definition) is 0. The van der Waals surface area contributed by atoms with Gasteiger partial charge in [-0.2, -0.15) is 0 Å². The van der Waals surface area contributed by atoms with E-state index in [0.29, 0.717) is 21.9 Å². The summed E-state index contributed by atoms with van der Waals surface area (Å²) in [5, 5.41) is 0.581. The number of benzene rings is 1. The van der Waals surface area contributed by atoms with Gasteiger partial charge < -0.3 is 4.90 Å². The molecule has 3 rings (SSSR count). The Morgan fingerprint density at radius 1 is 1.03 bits per heavy atom. The Hall–Kier alpha value is -2.67. The summed E-state index contributed by atoms with van der Waals surface area (Å²) >= 11 is 1.29. The monoisotopic (exact) mass is 424 g/mol. The maximum absolute atomic E-state index is 13.3. The zero-order chi connectivity index (χ0) is 22.0. The number of nitrogens with zero attached hydrogens (tertiary/aromatic N) is 4. The average Bonchev–Trinajstić information content (AvgIpc) is 2.68. The van der Waals surface area contributed by atoms with E-state index in [1.165, 1.54) is 16.3 Å². The number of carbonyl (C=O) groups excluding carboxylic acids is 1. The molecule has 0 fully saturated rings. The zero-order valence-corrected chi connectivity index (χ0v) is 19.1. The minimum atomic E-state index is -0.403. The summed E-state index contributed by atoms with van der Waals surface area (Å²) < 4.78 is 1.51. The first kappa shape index (κ1) is 22.0. The van der Waals surface area contributed by atoms with E-state index >= 15 is 0 Å². The number of amides is 1. The number of pyridine rings is 1. The van der Waals surface area contributed by atoms with Crippen molar-refractivity contribution < 1.29 is 4.79 Å². The van der Waals surface area contributed by atoms with Crippen LogP contribution in [0.2, 0.25) is 0 Å². The highest BCUT2D eigenvalue weighted by atomic mass is 32.2. The topological polar surface area (TPSA) is 68.1 Å². The molecular weight excluding hydrogens is 396 g/mol. The first-order chi connectivity index (χ1) is 14.2. The van der Waals surface area contributed by atoms with Crippen molar-refractivity contribution in [3.8, 4) is 5.82 Å². The fourth-order valence-electron chi connectivity index (χ4n) is 3.51. The molecule has 0 saturated heterocycles. The molecule has 6 nitrogen and oxygen atoms in total. The van der Waals surface area contributed by atoms with Gasteiger partial charge in [-0.15, -0.1) is 0 Å². The number of hydrogen-bond acceptors (Lipinski definition) is 5. The SMILES string of the molecule is Cc1ccc(-n2c(SC(C)C(=O)N(C(C)C)C(C)C)nc3ccccc3c2=O)nc1. The summed E-state index contributed by atoms with van der Waals surface area (Å²) in [6.45, 7) is 11.8. The van der Waals surface area contributed by atoms with Crippen molar-refractivity contribution in [2.24, 2.45) is 0 Å². The summed E-state index contributed by atoms with van der Waals surface area (Å²) in [7, 11) is 0. The standard InChI is InChI=1S/C23H28N4O2S/c1-14(2)26(15(3)4)21(28)17(6)30-23-25-19-10-8-7-9-18(19)22(29)27(23)20-12-11-16(5)13-24-20/h7-15,17H,1-6H3. The first-order valence-corrected chi connectivity index (χ1v) is 11.0. The van der Waals surface area contributed by atoms with Crippen LogP contribution in [0.4, 0.5) is 0 Å². The lowest BCUT2D eigenvalue weighted by molar-refractivity contribution is -0.133. The van der Waals surface area contributed by atoms with Crippen LogP contribution in [-0.2, 0) is 4.79 Å². The molecule has 3 aromatic rings. The van der Waals surface area contributed by atoms with E-state index in [1.807, 2.05) is 70.7 Å². The molecule has 2 aromatic heterocycles. The van der Waals surface area contributed by atoms with Gasteiger partial charge in [-0.05, 0) is 65.3 Å². The lowest BCUT2D eigenvalue weighted by atomic mass is 10.2. The highest BCUT2D eigenvalue weighted by Crippen LogP contribution is 2.26. The number of fused-ring (bicyclic) bond motifs is 1. The molecule has 0 aliphatic heterocycles. The average molecular weight is 425 g/mol. The summed E-state index contributed by atoms with van der Waals surface area (Å²) in [5.41, 5.74) is 1.42. The molecular formula is C23H28N4O2S. The number of aryl methyl sites for hydroxylation is 1. The molecule has 0 saturated carbocycles. The normalized spacial score (nSPS) is 12.5. The van der Waals surface area contributed by atoms with Crippen LogP contribution >= 0.6 is 11.8 Å². The van der Waals surface area contributed by atoms with Crippen LogP contribution in [0.15, 0.2) is 52.5 Å². The third-order valence-electron chi connectivity index (χ3n) is 4.87. The molecule has 30 heavy (non-hydrogen) atoms. The Bertz CT molecular complexity index is 1100. The van der Waals surface area contributed by atoms with E-state index in [-0.39, 0.29) is 23.6 Å². The van der Waals surface area contributed by atoms with Gasteiger partial charge in [0, 0.05) is 18.3 Å². The Morgan fingerprint density at radius 3 is 2.30 bits per heavy atom. The van der Waals surface area contributed by atoms with Gasteiger partial charge in [-0.3, -0.25) is 9.59 Å². The molecule has 1 amide bonds. The quantitative estimate of drug-likeness (QED) is 0.438. The maximum Gasteiger partial charge on any atom is 0.267 e. The summed E-state index contributed by atoms with van der Waals surface area (Å²) in [5.74, 6) is 0.520. The Kier molecular flexibility index (Phi) is 6.61. The minimum absolute atomic E-state index is 0.0239. The second-order valence-corrected chi connectivity index (χ2v) is 9.25. The summed E-state index contributed by atoms with van der Waals surface area (Å²) in [6.07, 6.45) is 1.72. The van der Waals surface area contributed by atoms with Crippen LogP contribution in [0.5, 0.6) is 0 Å². The molecule has 0 aliphatic rings. The second-order valence-electron chi connectivity index (χ2n) is 7.94. The number of thioether (sulfide) groups is 1. The van der Waals surface area contributed by atoms with Crippen LogP contribution in [-0.4, -0.2) is 42.7 Å². The third kappa shape index (κ3) is 4.41. The maximum atomic E-state index is 13.3. The Labute approximate surface area is 181 Å². The van der Waals surface area contributed by atoms with Crippen molar-refractivity contribution in [2.45, 2.75) is 64.0 Å². The van der Waals surface area contributed by atoms with Crippen molar-refractivity contribution in [3.63, 3.8) is 0 Å². The van der Waals surface area contributed by atoms with Crippen LogP contribution in [0.25, 0.3) is 16.7 Å². The Morgan fingerprint density at radius 2 is 1.70 bits per heavy atom. The van der Waals surface area contributed by atoms with Gasteiger partial charge in [0.25, 0.3) is 5.56 Å². The predicted molar refractivity (Wildman–Crippen MR) is 122 cm³/mol. The van der Waals surface area contributed by atoms with Gasteiger partial charge in [0.2, 0.25) is 5.91 Å². The second kappa shape index (κ2) is 9.00. The molecule has 1 atom stereocenters. The van der Waals surface area contributed by atoms with Crippen molar-refractivity contribution in [2.75, 3.05) is 0 Å². The Balaban J connectivity index is 2.10. The molecule has 0 N–H and O–H groups in total. The van der Waals surface area contributed by atoms with Crippen LogP contribution in [0.3, 0.4) is 0 Å². The third-order valence-corrected chi connectivity index (χ3v) is 5.91. The fourth-order valence-corrected chi connectivity index (χ4v) is 4.48. The number of aromatic nitrogens is 3. The zero-order valence-electron chi connectivity index (χ0n) is 18.3. The van der Waals surface area contributed by atoms with Gasteiger partial charge in [0.05, 0.1) is 16.2 Å². The van der Waals surface area contributed by atoms with E-state index in [1.54, 1.807) is 18.3 Å². The number of rotatable bonds is 6. The molecule has 0 spiro atoms. The largest absolute Gasteiger partial charge is 0.337 e. The van der Waals surface area contributed by atoms with Crippen molar-refractivity contribution in [3.05, 3.63) is 58.5 Å². The lowest BCUT2D eigenvalue weighted by Crippen LogP contribution is -2.45. The molecule has 7 heteroatoms. The van der Waals surface area contributed by atoms with E-state index in [0.717, 1.165) is 5.56 Å². The number of carbonyl (C=O) groups is 1. The predicted octanol–water partition coefficient (Wildman–Crippen LogP) is 4.22. The number of para-hydroxylation sites is 1. The van der Waals surface area contributed by atoms with E-state index < -0.39 is 5.25 Å². The van der Waals surface area contributed by atoms with Crippen LogP contribution in [0.1, 0.15) is 40.2 Å². The van der Waals surface area contributed by atoms with Gasteiger partial charge in [-0.1, -0.05) is 30.0 Å². The van der Waals surface area contributed by atoms with Gasteiger partial charge >= 0.3 is 0 Å². The fraction of sp³-hybridized carbons (Fsp3) is 0.391. The summed E-state index contributed by atoms with van der Waals surface area (Å²) in [6, 6.07) is 11.1. The highest BCUT2D eigenvalue weighted by molar-refractivity contribution is 8.00. The van der Waals surface area contributed by atoms with E-state index in [4.69, 9.17) is 4.98 Å². The van der Waals surface area contributed by atoms with E-state index in [2.05, 4.69) is 4.98 Å². The van der Waals surface area contributed by atoms with Gasteiger partial charge in [0.1, 0.15) is 5.82 Å². The van der Waals surface area contributed by atoms with Crippen molar-refractivity contribution >= 4 is 28.6 Å². The highest BCUT2D eigenvalue weighted by Gasteiger charge is 2.27. The summed E-state index contributed by atoms with van der Waals surface area (Å²) in [4.78, 5) is 37.5. The van der Waals surface area contributed by atoms with Crippen molar-refractivity contribution in [1.82, 2.24) is 19.4 Å². The van der Waals surface area contributed by atoms with Gasteiger partial charge in [-0.25, -0.2) is 14.5 Å². The van der Waals surface area contributed by atoms with Crippen LogP contribution in [0, 0.1) is 6.92 Å². The molecule has 0 aliphatic carbocycles. The van der Waals surface area contributed by atoms with E-state index in [9.17, 15) is 9.59 Å². The molecule has 1 unspecified atom stereocenters. The lowest BCUT2D eigenvalue weighted by Gasteiger charge is -2.33. The van der Waals surface area contributed by atoms with Gasteiger partial charge in [0.15, 0.2) is 5.16 Å².